The Kier molecular flexibility index (Phi) is 8.49. The predicted molar refractivity (Wildman–Crippen MR) is 132 cm³/mol. The highest BCUT2D eigenvalue weighted by molar-refractivity contribution is 7.98. The molecular formula is C23H23ClN2O5S2. The Morgan fingerprint density at radius 3 is 2.42 bits per heavy atom. The Hall–Kier alpha value is -2.88. The number of carbonyl (C=O) groups is 1. The molecule has 10 heteroatoms. The summed E-state index contributed by atoms with van der Waals surface area (Å²) >= 11 is 7.73. The van der Waals surface area contributed by atoms with E-state index in [0.717, 1.165) is 4.90 Å². The highest BCUT2D eigenvalue weighted by Crippen LogP contribution is 2.29. The van der Waals surface area contributed by atoms with Crippen LogP contribution in [0.4, 0.5) is 11.4 Å². The van der Waals surface area contributed by atoms with Crippen LogP contribution in [-0.2, 0) is 14.8 Å². The zero-order valence-corrected chi connectivity index (χ0v) is 20.4. The van der Waals surface area contributed by atoms with E-state index in [1.54, 1.807) is 30.3 Å². The number of rotatable bonds is 10. The third-order valence-corrected chi connectivity index (χ3v) is 6.84. The summed E-state index contributed by atoms with van der Waals surface area (Å²) < 4.78 is 38.7. The lowest BCUT2D eigenvalue weighted by atomic mass is 10.3. The molecule has 0 saturated carbocycles. The Balaban J connectivity index is 1.63. The molecule has 0 aromatic heterocycles. The quantitative estimate of drug-likeness (QED) is 0.363. The molecule has 0 bridgehead atoms. The van der Waals surface area contributed by atoms with E-state index in [-0.39, 0.29) is 28.2 Å². The first kappa shape index (κ1) is 24.8. The SMILES string of the molecule is CCOc1ccc(NS(=O)(=O)c2ccc(OCC(=O)Nc3ccccc3SC)c(Cl)c2)cc1. The van der Waals surface area contributed by atoms with Crippen molar-refractivity contribution in [1.82, 2.24) is 0 Å². The smallest absolute Gasteiger partial charge is 0.262 e. The highest BCUT2D eigenvalue weighted by Gasteiger charge is 2.17. The molecular weight excluding hydrogens is 484 g/mol. The van der Waals surface area contributed by atoms with E-state index in [1.807, 2.05) is 31.4 Å². The second-order valence-electron chi connectivity index (χ2n) is 6.69. The fourth-order valence-corrected chi connectivity index (χ4v) is 4.78. The van der Waals surface area contributed by atoms with Gasteiger partial charge in [-0.25, -0.2) is 8.42 Å². The van der Waals surface area contributed by atoms with Gasteiger partial charge in [0.2, 0.25) is 0 Å². The molecule has 0 unspecified atom stereocenters. The van der Waals surface area contributed by atoms with Crippen LogP contribution in [0.1, 0.15) is 6.92 Å². The second-order valence-corrected chi connectivity index (χ2v) is 9.63. The molecule has 0 aliphatic carbocycles. The molecule has 0 atom stereocenters. The van der Waals surface area contributed by atoms with Crippen molar-refractivity contribution in [2.24, 2.45) is 0 Å². The summed E-state index contributed by atoms with van der Waals surface area (Å²) in [6.45, 7) is 2.11. The van der Waals surface area contributed by atoms with Crippen LogP contribution in [0.15, 0.2) is 76.5 Å². The van der Waals surface area contributed by atoms with Crippen LogP contribution in [0.2, 0.25) is 5.02 Å². The van der Waals surface area contributed by atoms with Crippen molar-refractivity contribution in [3.63, 3.8) is 0 Å². The van der Waals surface area contributed by atoms with E-state index in [1.165, 1.54) is 30.0 Å². The van der Waals surface area contributed by atoms with Gasteiger partial charge in [-0.15, -0.1) is 11.8 Å². The maximum absolute atomic E-state index is 12.7. The standard InChI is InChI=1S/C23H23ClN2O5S2/c1-3-30-17-10-8-16(9-11-17)26-33(28,29)18-12-13-21(19(24)14-18)31-15-23(27)25-20-6-4-5-7-22(20)32-2/h4-14,26H,3,15H2,1-2H3,(H,25,27). The Bertz CT molecular complexity index is 1220. The number of benzene rings is 3. The summed E-state index contributed by atoms with van der Waals surface area (Å²) in [6.07, 6.45) is 1.92. The van der Waals surface area contributed by atoms with Crippen LogP contribution in [0, 0.1) is 0 Å². The first-order chi connectivity index (χ1) is 15.8. The molecule has 0 heterocycles. The molecule has 3 aromatic rings. The van der Waals surface area contributed by atoms with Gasteiger partial charge in [0.15, 0.2) is 6.61 Å². The summed E-state index contributed by atoms with van der Waals surface area (Å²) in [6, 6.07) is 18.0. The molecule has 1 amide bonds. The maximum Gasteiger partial charge on any atom is 0.262 e. The molecule has 0 saturated heterocycles. The van der Waals surface area contributed by atoms with Crippen molar-refractivity contribution in [2.75, 3.05) is 29.5 Å². The minimum Gasteiger partial charge on any atom is -0.494 e. The lowest BCUT2D eigenvalue weighted by molar-refractivity contribution is -0.118. The van der Waals surface area contributed by atoms with Crippen molar-refractivity contribution >= 4 is 50.7 Å². The lowest BCUT2D eigenvalue weighted by Crippen LogP contribution is -2.20. The van der Waals surface area contributed by atoms with Gasteiger partial charge in [0.05, 0.1) is 22.2 Å². The van der Waals surface area contributed by atoms with Crippen molar-refractivity contribution in [1.29, 1.82) is 0 Å². The summed E-state index contributed by atoms with van der Waals surface area (Å²) in [4.78, 5) is 13.2. The molecule has 0 aliphatic heterocycles. The number of amides is 1. The van der Waals surface area contributed by atoms with Crippen molar-refractivity contribution in [2.45, 2.75) is 16.7 Å². The fraction of sp³-hybridized carbons (Fsp3) is 0.174. The minimum absolute atomic E-state index is 0.0351. The van der Waals surface area contributed by atoms with Gasteiger partial charge in [-0.2, -0.15) is 0 Å². The third kappa shape index (κ3) is 6.80. The van der Waals surface area contributed by atoms with Crippen LogP contribution in [0.5, 0.6) is 11.5 Å². The van der Waals surface area contributed by atoms with E-state index in [2.05, 4.69) is 10.0 Å². The van der Waals surface area contributed by atoms with Crippen molar-refractivity contribution in [3.8, 4) is 11.5 Å². The van der Waals surface area contributed by atoms with Gasteiger partial charge in [-0.05, 0) is 67.8 Å². The average molecular weight is 507 g/mol. The Labute approximate surface area is 202 Å². The molecule has 0 aliphatic rings. The molecule has 33 heavy (non-hydrogen) atoms. The monoisotopic (exact) mass is 506 g/mol. The molecule has 0 spiro atoms. The van der Waals surface area contributed by atoms with Gasteiger partial charge in [0, 0.05) is 10.6 Å². The molecule has 3 aromatic carbocycles. The van der Waals surface area contributed by atoms with Crippen LogP contribution >= 0.6 is 23.4 Å². The third-order valence-electron chi connectivity index (χ3n) is 4.37. The number of hydrogen-bond donors (Lipinski definition) is 2. The number of nitrogens with one attached hydrogen (secondary N) is 2. The summed E-state index contributed by atoms with van der Waals surface area (Å²) in [5.74, 6) is 0.484. The number of thioether (sulfide) groups is 1. The largest absolute Gasteiger partial charge is 0.494 e. The molecule has 2 N–H and O–H groups in total. The van der Waals surface area contributed by atoms with E-state index < -0.39 is 10.0 Å². The number of ether oxygens (including phenoxy) is 2. The van der Waals surface area contributed by atoms with Gasteiger partial charge in [-0.3, -0.25) is 9.52 Å². The number of sulfonamides is 1. The van der Waals surface area contributed by atoms with E-state index in [4.69, 9.17) is 21.1 Å². The maximum atomic E-state index is 12.7. The summed E-state index contributed by atoms with van der Waals surface area (Å²) in [7, 11) is -3.87. The lowest BCUT2D eigenvalue weighted by Gasteiger charge is -2.13. The molecule has 3 rings (SSSR count). The Morgan fingerprint density at radius 1 is 1.03 bits per heavy atom. The second kappa shape index (κ2) is 11.3. The Morgan fingerprint density at radius 2 is 1.76 bits per heavy atom. The van der Waals surface area contributed by atoms with E-state index in [0.29, 0.717) is 23.7 Å². The highest BCUT2D eigenvalue weighted by atomic mass is 35.5. The molecule has 0 radical (unpaired) electrons. The van der Waals surface area contributed by atoms with Crippen LogP contribution in [0.25, 0.3) is 0 Å². The van der Waals surface area contributed by atoms with E-state index >= 15 is 0 Å². The van der Waals surface area contributed by atoms with Crippen LogP contribution < -0.4 is 19.5 Å². The zero-order valence-electron chi connectivity index (χ0n) is 18.0. The number of para-hydroxylation sites is 1. The topological polar surface area (TPSA) is 93.7 Å². The first-order valence-corrected chi connectivity index (χ1v) is 13.0. The normalized spacial score (nSPS) is 11.0. The van der Waals surface area contributed by atoms with Crippen molar-refractivity contribution in [3.05, 3.63) is 71.8 Å². The zero-order chi connectivity index (χ0) is 23.8. The van der Waals surface area contributed by atoms with Gasteiger partial charge in [-0.1, -0.05) is 23.7 Å². The van der Waals surface area contributed by atoms with Crippen molar-refractivity contribution < 1.29 is 22.7 Å². The van der Waals surface area contributed by atoms with Gasteiger partial charge in [0.25, 0.3) is 15.9 Å². The molecule has 7 nitrogen and oxygen atoms in total. The molecule has 0 fully saturated rings. The first-order valence-electron chi connectivity index (χ1n) is 9.93. The van der Waals surface area contributed by atoms with Crippen LogP contribution in [-0.4, -0.2) is 33.8 Å². The number of halogens is 1. The van der Waals surface area contributed by atoms with Gasteiger partial charge >= 0.3 is 0 Å². The van der Waals surface area contributed by atoms with Gasteiger partial charge in [0.1, 0.15) is 11.5 Å². The number of anilines is 2. The van der Waals surface area contributed by atoms with E-state index in [9.17, 15) is 13.2 Å². The summed E-state index contributed by atoms with van der Waals surface area (Å²) in [5, 5.41) is 2.85. The van der Waals surface area contributed by atoms with Gasteiger partial charge < -0.3 is 14.8 Å². The number of carbonyl (C=O) groups excluding carboxylic acids is 1. The van der Waals surface area contributed by atoms with Crippen LogP contribution in [0.3, 0.4) is 0 Å². The number of hydrogen-bond acceptors (Lipinski definition) is 6. The fourth-order valence-electron chi connectivity index (χ4n) is 2.84. The minimum atomic E-state index is -3.87. The summed E-state index contributed by atoms with van der Waals surface area (Å²) in [5.41, 5.74) is 1.07. The average Bonchev–Trinajstić information content (AvgIpc) is 2.80. The predicted octanol–water partition coefficient (Wildman–Crippen LogP) is 5.28. The molecule has 174 valence electrons.